The number of ether oxygens (including phenoxy) is 1. The van der Waals surface area contributed by atoms with Crippen LogP contribution in [0.2, 0.25) is 10.0 Å². The van der Waals surface area contributed by atoms with Crippen LogP contribution in [0.15, 0.2) is 46.3 Å². The molecule has 1 saturated heterocycles. The van der Waals surface area contributed by atoms with Crippen molar-refractivity contribution in [2.24, 2.45) is 4.99 Å². The van der Waals surface area contributed by atoms with E-state index < -0.39 is 5.97 Å². The molecule has 6 nitrogen and oxygen atoms in total. The summed E-state index contributed by atoms with van der Waals surface area (Å²) in [5, 5.41) is 11.9. The molecule has 0 aromatic heterocycles. The molecule has 152 valence electrons. The van der Waals surface area contributed by atoms with E-state index in [-0.39, 0.29) is 33.9 Å². The second-order valence-corrected chi connectivity index (χ2v) is 7.84. The molecule has 1 aliphatic rings. The van der Waals surface area contributed by atoms with Gasteiger partial charge in [0, 0.05) is 7.05 Å². The van der Waals surface area contributed by atoms with Crippen LogP contribution in [0, 0.1) is 12.3 Å². The topological polar surface area (TPSA) is 82.0 Å². The third-order valence-electron chi connectivity index (χ3n) is 3.93. The maximum absolute atomic E-state index is 12.6. The smallest absolute Gasteiger partial charge is 0.266 e. The molecule has 0 atom stereocenters. The second kappa shape index (κ2) is 9.26. The number of aromatic carboxylic acids is 1. The Bertz CT molecular complexity index is 1120. The van der Waals surface area contributed by atoms with Gasteiger partial charge in [0.2, 0.25) is 0 Å². The summed E-state index contributed by atoms with van der Waals surface area (Å²) in [7, 11) is 1.58. The van der Waals surface area contributed by atoms with Gasteiger partial charge >= 0.3 is 0 Å². The third kappa shape index (κ3) is 4.79. The van der Waals surface area contributed by atoms with E-state index in [1.807, 2.05) is 0 Å². The van der Waals surface area contributed by atoms with E-state index in [2.05, 4.69) is 10.9 Å². The van der Waals surface area contributed by atoms with Crippen LogP contribution in [-0.2, 0) is 4.79 Å². The lowest BCUT2D eigenvalue weighted by molar-refractivity contribution is -0.255. The number of nitrogens with zero attached hydrogens (tertiary/aromatic N) is 2. The Balaban J connectivity index is 1.89. The average molecular weight is 460 g/mol. The molecular weight excluding hydrogens is 447 g/mol. The monoisotopic (exact) mass is 459 g/mol. The van der Waals surface area contributed by atoms with Gasteiger partial charge in [0.05, 0.1) is 26.6 Å². The molecule has 3 rings (SSSR count). The van der Waals surface area contributed by atoms with Gasteiger partial charge in [0.1, 0.15) is 6.61 Å². The van der Waals surface area contributed by atoms with Crippen LogP contribution >= 0.6 is 35.0 Å². The van der Waals surface area contributed by atoms with Crippen molar-refractivity contribution < 1.29 is 19.4 Å². The van der Waals surface area contributed by atoms with Gasteiger partial charge in [0.15, 0.2) is 10.9 Å². The molecule has 30 heavy (non-hydrogen) atoms. The van der Waals surface area contributed by atoms with Crippen LogP contribution in [0.1, 0.15) is 15.9 Å². The lowest BCUT2D eigenvalue weighted by Gasteiger charge is -2.09. The number of terminal acetylenes is 1. The van der Waals surface area contributed by atoms with E-state index in [4.69, 9.17) is 34.4 Å². The molecule has 0 radical (unpaired) electrons. The summed E-state index contributed by atoms with van der Waals surface area (Å²) in [5.41, 5.74) is 0.990. The summed E-state index contributed by atoms with van der Waals surface area (Å²) in [6.45, 7) is 0.0258. The Morgan fingerprint density at radius 2 is 2.03 bits per heavy atom. The number of benzene rings is 2. The first-order chi connectivity index (χ1) is 14.3. The molecular formula is C21H13Cl2N2O4S-. The van der Waals surface area contributed by atoms with Gasteiger partial charge in [-0.1, -0.05) is 41.3 Å². The molecule has 1 amide bonds. The van der Waals surface area contributed by atoms with Gasteiger partial charge in [-0.2, -0.15) is 0 Å². The summed E-state index contributed by atoms with van der Waals surface area (Å²) in [5.74, 6) is 1.04. The Morgan fingerprint density at radius 1 is 1.33 bits per heavy atom. The zero-order valence-corrected chi connectivity index (χ0v) is 17.8. The number of halogens is 2. The number of carbonyl (C=O) groups is 2. The number of hydrogen-bond donors (Lipinski definition) is 0. The van der Waals surface area contributed by atoms with Crippen LogP contribution in [0.4, 0.5) is 5.69 Å². The lowest BCUT2D eigenvalue weighted by Crippen LogP contribution is -2.23. The maximum atomic E-state index is 12.6. The number of likely N-dealkylation sites (N-methyl/N-ethyl adjacent to an activating group) is 1. The van der Waals surface area contributed by atoms with Crippen molar-refractivity contribution in [3.05, 3.63) is 62.5 Å². The van der Waals surface area contributed by atoms with Crippen molar-refractivity contribution in [2.75, 3.05) is 13.7 Å². The summed E-state index contributed by atoms with van der Waals surface area (Å²) in [4.78, 5) is 29.8. The van der Waals surface area contributed by atoms with E-state index in [9.17, 15) is 14.7 Å². The van der Waals surface area contributed by atoms with E-state index in [1.165, 1.54) is 17.0 Å². The van der Waals surface area contributed by atoms with Gasteiger partial charge < -0.3 is 14.6 Å². The minimum Gasteiger partial charge on any atom is -0.545 e. The predicted octanol–water partition coefficient (Wildman–Crippen LogP) is 3.60. The fraction of sp³-hybridized carbons (Fsp3) is 0.0952. The summed E-state index contributed by atoms with van der Waals surface area (Å²) >= 11 is 13.6. The molecule has 1 aliphatic heterocycles. The zero-order chi connectivity index (χ0) is 21.8. The van der Waals surface area contributed by atoms with Crippen molar-refractivity contribution in [1.82, 2.24) is 4.90 Å². The van der Waals surface area contributed by atoms with E-state index in [0.717, 1.165) is 11.8 Å². The van der Waals surface area contributed by atoms with Gasteiger partial charge in [0.25, 0.3) is 5.91 Å². The molecule has 0 bridgehead atoms. The van der Waals surface area contributed by atoms with Crippen LogP contribution in [0.3, 0.4) is 0 Å². The maximum Gasteiger partial charge on any atom is 0.266 e. The van der Waals surface area contributed by atoms with Gasteiger partial charge in [-0.05, 0) is 53.2 Å². The molecule has 2 aromatic rings. The molecule has 9 heteroatoms. The SMILES string of the molecule is C#CCOc1c(Cl)cc(/C=C2\SC(=Nc3cccc(C(=O)[O-])c3)N(C)C2=O)cc1Cl. The standard InChI is InChI=1S/C21H14Cl2N2O4S/c1-3-7-29-18-15(22)8-12(9-16(18)23)10-17-19(26)25(2)21(30-17)24-14-6-4-5-13(11-14)20(27)28/h1,4-6,8-11H,7H2,2H3,(H,27,28)/p-1/b17-10-,24-21?. The molecule has 0 saturated carbocycles. The molecule has 1 fully saturated rings. The molecule has 1 heterocycles. The van der Waals surface area contributed by atoms with Crippen molar-refractivity contribution in [3.63, 3.8) is 0 Å². The first-order valence-corrected chi connectivity index (χ1v) is 10.0. The van der Waals surface area contributed by atoms with Crippen molar-refractivity contribution in [3.8, 4) is 18.1 Å². The fourth-order valence-corrected chi connectivity index (χ4v) is 4.13. The Kier molecular flexibility index (Phi) is 6.73. The first-order valence-electron chi connectivity index (χ1n) is 8.43. The minimum atomic E-state index is -1.30. The van der Waals surface area contributed by atoms with Crippen molar-refractivity contribution in [2.45, 2.75) is 0 Å². The third-order valence-corrected chi connectivity index (χ3v) is 5.55. The number of aliphatic imine (C=N–C) groups is 1. The molecule has 2 aromatic carbocycles. The number of hydrogen-bond acceptors (Lipinski definition) is 6. The summed E-state index contributed by atoms with van der Waals surface area (Å²) < 4.78 is 5.32. The average Bonchev–Trinajstić information content (AvgIpc) is 2.95. The highest BCUT2D eigenvalue weighted by molar-refractivity contribution is 8.18. The van der Waals surface area contributed by atoms with Gasteiger partial charge in [-0.3, -0.25) is 9.69 Å². The normalized spacial score (nSPS) is 16.2. The second-order valence-electron chi connectivity index (χ2n) is 6.01. The van der Waals surface area contributed by atoms with Crippen molar-refractivity contribution in [1.29, 1.82) is 0 Å². The number of carboxylic acids is 1. The lowest BCUT2D eigenvalue weighted by atomic mass is 10.2. The highest BCUT2D eigenvalue weighted by atomic mass is 35.5. The van der Waals surface area contributed by atoms with E-state index in [0.29, 0.717) is 21.3 Å². The molecule has 0 N–H and O–H groups in total. The number of carbonyl (C=O) groups excluding carboxylic acids is 2. The van der Waals surface area contributed by atoms with E-state index >= 15 is 0 Å². The summed E-state index contributed by atoms with van der Waals surface area (Å²) in [6, 6.07) is 9.19. The number of thioether (sulfide) groups is 1. The Hall–Kier alpha value is -2.92. The zero-order valence-electron chi connectivity index (χ0n) is 15.5. The fourth-order valence-electron chi connectivity index (χ4n) is 2.53. The number of amidine groups is 1. The quantitative estimate of drug-likeness (QED) is 0.503. The number of rotatable bonds is 5. The van der Waals surface area contributed by atoms with E-state index in [1.54, 1.807) is 37.4 Å². The summed E-state index contributed by atoms with van der Waals surface area (Å²) in [6.07, 6.45) is 6.81. The van der Waals surface area contributed by atoms with Crippen LogP contribution < -0.4 is 9.84 Å². The molecule has 0 unspecified atom stereocenters. The Morgan fingerprint density at radius 3 is 2.67 bits per heavy atom. The number of amides is 1. The first kappa shape index (κ1) is 21.8. The minimum absolute atomic E-state index is 0.000944. The van der Waals surface area contributed by atoms with Crippen LogP contribution in [-0.4, -0.2) is 35.6 Å². The largest absolute Gasteiger partial charge is 0.545 e. The highest BCUT2D eigenvalue weighted by Crippen LogP contribution is 2.37. The molecule has 0 aliphatic carbocycles. The molecule has 0 spiro atoms. The van der Waals surface area contributed by atoms with Crippen molar-refractivity contribution >= 4 is 63.8 Å². The van der Waals surface area contributed by atoms with Crippen LogP contribution in [0.5, 0.6) is 5.75 Å². The van der Waals surface area contributed by atoms with Gasteiger partial charge in [-0.15, -0.1) is 6.42 Å². The Labute approximate surface area is 187 Å². The number of carboxylic acid groups (broad SMARTS) is 1. The van der Waals surface area contributed by atoms with Gasteiger partial charge in [-0.25, -0.2) is 4.99 Å². The highest BCUT2D eigenvalue weighted by Gasteiger charge is 2.30. The predicted molar refractivity (Wildman–Crippen MR) is 117 cm³/mol. The van der Waals surface area contributed by atoms with Crippen LogP contribution in [0.25, 0.3) is 6.08 Å².